The highest BCUT2D eigenvalue weighted by Gasteiger charge is 2.50. The molecule has 1 N–H and O–H groups in total. The first-order valence-electron chi connectivity index (χ1n) is 7.02. The Kier molecular flexibility index (Phi) is 2.70. The maximum absolute atomic E-state index is 6.52. The zero-order chi connectivity index (χ0) is 13.7. The maximum Gasteiger partial charge on any atom is 0.126 e. The Bertz CT molecular complexity index is 495. The lowest BCUT2D eigenvalue weighted by atomic mass is 9.78. The molecule has 1 unspecified atom stereocenters. The van der Waals surface area contributed by atoms with Crippen LogP contribution in [0.5, 0.6) is 5.75 Å². The molecule has 3 heteroatoms. The fourth-order valence-electron chi connectivity index (χ4n) is 3.46. The molecule has 19 heavy (non-hydrogen) atoms. The van der Waals surface area contributed by atoms with Gasteiger partial charge in [0.1, 0.15) is 17.0 Å². The van der Waals surface area contributed by atoms with Crippen molar-refractivity contribution in [3.05, 3.63) is 29.8 Å². The van der Waals surface area contributed by atoms with E-state index in [4.69, 9.17) is 9.47 Å². The van der Waals surface area contributed by atoms with Crippen LogP contribution in [-0.4, -0.2) is 24.3 Å². The van der Waals surface area contributed by atoms with Gasteiger partial charge >= 0.3 is 0 Å². The number of morpholine rings is 1. The fraction of sp³-hybridized carbons (Fsp3) is 0.625. The molecule has 2 heterocycles. The second kappa shape index (κ2) is 3.97. The minimum atomic E-state index is -0.278. The number of rotatable bonds is 0. The lowest BCUT2D eigenvalue weighted by molar-refractivity contribution is -0.197. The lowest BCUT2D eigenvalue weighted by Crippen LogP contribution is -2.60. The molecule has 1 aromatic carbocycles. The molecule has 0 aliphatic carbocycles. The second-order valence-corrected chi connectivity index (χ2v) is 6.99. The first kappa shape index (κ1) is 12.9. The van der Waals surface area contributed by atoms with E-state index in [2.05, 4.69) is 45.1 Å². The van der Waals surface area contributed by atoms with Gasteiger partial charge in [-0.3, -0.25) is 0 Å². The summed E-state index contributed by atoms with van der Waals surface area (Å²) in [6, 6.07) is 8.26. The van der Waals surface area contributed by atoms with Crippen LogP contribution in [0.1, 0.15) is 39.7 Å². The van der Waals surface area contributed by atoms with Crippen molar-refractivity contribution in [2.75, 3.05) is 13.1 Å². The molecule has 3 rings (SSSR count). The highest BCUT2D eigenvalue weighted by molar-refractivity contribution is 5.42. The predicted molar refractivity (Wildman–Crippen MR) is 75.5 cm³/mol. The molecule has 0 amide bonds. The van der Waals surface area contributed by atoms with Gasteiger partial charge in [0.2, 0.25) is 0 Å². The van der Waals surface area contributed by atoms with E-state index < -0.39 is 0 Å². The van der Waals surface area contributed by atoms with Crippen LogP contribution in [-0.2, 0) is 10.3 Å². The molecule has 1 saturated heterocycles. The van der Waals surface area contributed by atoms with Crippen LogP contribution in [0.3, 0.4) is 0 Å². The van der Waals surface area contributed by atoms with Crippen molar-refractivity contribution in [1.29, 1.82) is 0 Å². The number of hydrogen-bond donors (Lipinski definition) is 1. The summed E-state index contributed by atoms with van der Waals surface area (Å²) in [5.74, 6) is 0.957. The molecule has 1 spiro atoms. The molecule has 0 saturated carbocycles. The number of para-hydroxylation sites is 1. The molecular weight excluding hydrogens is 238 g/mol. The minimum Gasteiger partial charge on any atom is -0.487 e. The third kappa shape index (κ3) is 2.26. The third-order valence-corrected chi connectivity index (χ3v) is 3.91. The van der Waals surface area contributed by atoms with Crippen LogP contribution in [0, 0.1) is 0 Å². The number of ether oxygens (including phenoxy) is 2. The quantitative estimate of drug-likeness (QED) is 0.779. The summed E-state index contributed by atoms with van der Waals surface area (Å²) in [7, 11) is 0. The minimum absolute atomic E-state index is 0.154. The van der Waals surface area contributed by atoms with Crippen LogP contribution in [0.4, 0.5) is 0 Å². The van der Waals surface area contributed by atoms with E-state index in [1.54, 1.807) is 0 Å². The number of hydrogen-bond acceptors (Lipinski definition) is 3. The third-order valence-electron chi connectivity index (χ3n) is 3.91. The van der Waals surface area contributed by atoms with Crippen molar-refractivity contribution in [3.63, 3.8) is 0 Å². The Balaban J connectivity index is 2.09. The van der Waals surface area contributed by atoms with Gasteiger partial charge in [-0.05, 0) is 33.8 Å². The van der Waals surface area contributed by atoms with Crippen LogP contribution < -0.4 is 10.1 Å². The molecule has 1 atom stereocenters. The summed E-state index contributed by atoms with van der Waals surface area (Å²) in [5.41, 5.74) is 0.539. The summed E-state index contributed by atoms with van der Waals surface area (Å²) in [6.07, 6.45) is 0.868. The summed E-state index contributed by atoms with van der Waals surface area (Å²) >= 11 is 0. The average Bonchev–Trinajstić information content (AvgIpc) is 2.25. The summed E-state index contributed by atoms with van der Waals surface area (Å²) < 4.78 is 12.6. The zero-order valence-electron chi connectivity index (χ0n) is 12.2. The first-order valence-corrected chi connectivity index (χ1v) is 7.02. The Hall–Kier alpha value is -1.06. The van der Waals surface area contributed by atoms with E-state index in [0.29, 0.717) is 0 Å². The van der Waals surface area contributed by atoms with E-state index in [0.717, 1.165) is 25.3 Å². The van der Waals surface area contributed by atoms with E-state index in [1.165, 1.54) is 5.56 Å². The van der Waals surface area contributed by atoms with E-state index in [1.807, 2.05) is 12.1 Å². The maximum atomic E-state index is 6.52. The van der Waals surface area contributed by atoms with Crippen LogP contribution >= 0.6 is 0 Å². The van der Waals surface area contributed by atoms with Crippen LogP contribution in [0.2, 0.25) is 0 Å². The summed E-state index contributed by atoms with van der Waals surface area (Å²) in [4.78, 5) is 0. The van der Waals surface area contributed by atoms with Gasteiger partial charge in [-0.15, -0.1) is 0 Å². The van der Waals surface area contributed by atoms with Gasteiger partial charge in [0, 0.05) is 25.1 Å². The fourth-order valence-corrected chi connectivity index (χ4v) is 3.46. The topological polar surface area (TPSA) is 30.5 Å². The van der Waals surface area contributed by atoms with Crippen molar-refractivity contribution < 1.29 is 9.47 Å². The predicted octanol–water partition coefficient (Wildman–Crippen LogP) is 2.84. The lowest BCUT2D eigenvalue weighted by Gasteiger charge is -2.52. The number of nitrogens with one attached hydrogen (secondary N) is 1. The molecule has 3 nitrogen and oxygen atoms in total. The molecule has 1 aromatic rings. The molecule has 2 aliphatic rings. The number of benzene rings is 1. The van der Waals surface area contributed by atoms with Gasteiger partial charge in [-0.2, -0.15) is 0 Å². The van der Waals surface area contributed by atoms with Crippen molar-refractivity contribution in [2.24, 2.45) is 0 Å². The standard InChI is InChI=1S/C16H23NO2/c1-14(2)9-16(11-17-10-15(3,4)19-16)12-7-5-6-8-13(12)18-14/h5-8,17H,9-11H2,1-4H3. The molecule has 0 aromatic heterocycles. The molecule has 1 fully saturated rings. The van der Waals surface area contributed by atoms with E-state index in [-0.39, 0.29) is 16.8 Å². The Morgan fingerprint density at radius 3 is 2.47 bits per heavy atom. The van der Waals surface area contributed by atoms with Gasteiger partial charge in [0.25, 0.3) is 0 Å². The summed E-state index contributed by atoms with van der Waals surface area (Å²) in [6.45, 7) is 10.3. The summed E-state index contributed by atoms with van der Waals surface area (Å²) in [5, 5.41) is 3.53. The number of fused-ring (bicyclic) bond motifs is 2. The largest absolute Gasteiger partial charge is 0.487 e. The molecule has 104 valence electrons. The normalized spacial score (nSPS) is 31.6. The van der Waals surface area contributed by atoms with E-state index in [9.17, 15) is 0 Å². The SMILES string of the molecule is CC1(C)CC2(CNCC(C)(C)O2)c2ccccc2O1. The van der Waals surface area contributed by atoms with Gasteiger partial charge in [-0.25, -0.2) is 0 Å². The van der Waals surface area contributed by atoms with Crippen LogP contribution in [0.15, 0.2) is 24.3 Å². The van der Waals surface area contributed by atoms with Crippen LogP contribution in [0.25, 0.3) is 0 Å². The van der Waals surface area contributed by atoms with Crippen molar-refractivity contribution in [3.8, 4) is 5.75 Å². The van der Waals surface area contributed by atoms with E-state index >= 15 is 0 Å². The van der Waals surface area contributed by atoms with Crippen molar-refractivity contribution in [2.45, 2.75) is 50.9 Å². The monoisotopic (exact) mass is 261 g/mol. The highest BCUT2D eigenvalue weighted by Crippen LogP contribution is 2.48. The zero-order valence-corrected chi connectivity index (χ0v) is 12.2. The highest BCUT2D eigenvalue weighted by atomic mass is 16.5. The molecule has 2 aliphatic heterocycles. The van der Waals surface area contributed by atoms with Gasteiger partial charge in [0.05, 0.1) is 5.60 Å². The van der Waals surface area contributed by atoms with Crippen molar-refractivity contribution >= 4 is 0 Å². The van der Waals surface area contributed by atoms with Crippen molar-refractivity contribution in [1.82, 2.24) is 5.32 Å². The van der Waals surface area contributed by atoms with Gasteiger partial charge in [0.15, 0.2) is 0 Å². The molecule has 0 radical (unpaired) electrons. The van der Waals surface area contributed by atoms with Gasteiger partial charge in [-0.1, -0.05) is 18.2 Å². The second-order valence-electron chi connectivity index (χ2n) is 6.99. The Morgan fingerprint density at radius 2 is 1.74 bits per heavy atom. The Morgan fingerprint density at radius 1 is 1.00 bits per heavy atom. The van der Waals surface area contributed by atoms with Gasteiger partial charge < -0.3 is 14.8 Å². The molecule has 0 bridgehead atoms. The average molecular weight is 261 g/mol. The Labute approximate surface area is 115 Å². The smallest absolute Gasteiger partial charge is 0.126 e. The molecular formula is C16H23NO2. The first-order chi connectivity index (χ1) is 8.82.